The van der Waals surface area contributed by atoms with E-state index in [4.69, 9.17) is 9.15 Å². The Labute approximate surface area is 348 Å². The van der Waals surface area contributed by atoms with E-state index in [2.05, 4.69) is 172 Å². The zero-order valence-corrected chi connectivity index (χ0v) is 34.0. The van der Waals surface area contributed by atoms with E-state index < -0.39 is 0 Å². The Morgan fingerprint density at radius 1 is 0.576 bits per heavy atom. The van der Waals surface area contributed by atoms with E-state index in [1.165, 1.54) is 5.57 Å². The Hall–Kier alpha value is -7.16. The Bertz CT molecular complexity index is 2880. The van der Waals surface area contributed by atoms with Crippen molar-refractivity contribution < 1.29 is 9.15 Å². The van der Waals surface area contributed by atoms with E-state index in [1.54, 1.807) is 0 Å². The Balaban J connectivity index is 1.35. The van der Waals surface area contributed by atoms with Crippen molar-refractivity contribution in [1.29, 1.82) is 0 Å². The summed E-state index contributed by atoms with van der Waals surface area (Å²) in [5.74, 6) is 1.58. The lowest BCUT2D eigenvalue weighted by Crippen LogP contribution is -1.97. The van der Waals surface area contributed by atoms with Crippen LogP contribution in [0.5, 0.6) is 11.5 Å². The maximum absolute atomic E-state index is 6.67. The number of ether oxygens (including phenoxy) is 1. The van der Waals surface area contributed by atoms with Gasteiger partial charge in [0.25, 0.3) is 0 Å². The minimum absolute atomic E-state index is 0.789. The minimum Gasteiger partial charge on any atom is -0.457 e. The number of furan rings is 1. The van der Waals surface area contributed by atoms with E-state index in [0.717, 1.165) is 107 Å². The van der Waals surface area contributed by atoms with E-state index in [-0.39, 0.29) is 0 Å². The number of benzene rings is 7. The third kappa shape index (κ3) is 8.73. The molecular formula is C57H48O2. The largest absolute Gasteiger partial charge is 0.457 e. The van der Waals surface area contributed by atoms with Crippen LogP contribution in [0, 0.1) is 0 Å². The van der Waals surface area contributed by atoms with Crippen molar-refractivity contribution in [2.75, 3.05) is 0 Å². The molecule has 7 aromatic carbocycles. The van der Waals surface area contributed by atoms with E-state index in [0.29, 0.717) is 0 Å². The Morgan fingerprint density at radius 2 is 1.25 bits per heavy atom. The normalized spacial score (nSPS) is 12.3. The number of rotatable bonds is 13. The molecule has 0 fully saturated rings. The molecule has 2 nitrogen and oxygen atoms in total. The van der Waals surface area contributed by atoms with Crippen LogP contribution in [0.3, 0.4) is 0 Å². The van der Waals surface area contributed by atoms with Crippen molar-refractivity contribution >= 4 is 27.5 Å². The van der Waals surface area contributed by atoms with Gasteiger partial charge in [0.1, 0.15) is 22.7 Å². The zero-order chi connectivity index (χ0) is 40.6. The lowest BCUT2D eigenvalue weighted by atomic mass is 9.83. The first-order valence-corrected chi connectivity index (χ1v) is 20.4. The van der Waals surface area contributed by atoms with Gasteiger partial charge in [-0.2, -0.15) is 0 Å². The number of hydrogen-bond donors (Lipinski definition) is 0. The molecule has 1 heterocycles. The van der Waals surface area contributed by atoms with Gasteiger partial charge in [0.05, 0.1) is 0 Å². The van der Waals surface area contributed by atoms with E-state index in [9.17, 15) is 0 Å². The van der Waals surface area contributed by atoms with Gasteiger partial charge in [-0.1, -0.05) is 163 Å². The molecule has 0 aliphatic rings. The summed E-state index contributed by atoms with van der Waals surface area (Å²) in [5, 5.41) is 2.23. The van der Waals surface area contributed by atoms with Gasteiger partial charge < -0.3 is 9.15 Å². The molecule has 0 amide bonds. The predicted octanol–water partition coefficient (Wildman–Crippen LogP) is 16.9. The van der Waals surface area contributed by atoms with Crippen molar-refractivity contribution in [3.05, 3.63) is 224 Å². The smallest absolute Gasteiger partial charge is 0.135 e. The molecule has 0 atom stereocenters. The van der Waals surface area contributed by atoms with Crippen LogP contribution in [0.15, 0.2) is 222 Å². The van der Waals surface area contributed by atoms with Gasteiger partial charge in [-0.3, -0.25) is 0 Å². The maximum Gasteiger partial charge on any atom is 0.135 e. The van der Waals surface area contributed by atoms with Crippen molar-refractivity contribution in [2.45, 2.75) is 33.6 Å². The monoisotopic (exact) mass is 764 g/mol. The highest BCUT2D eigenvalue weighted by Gasteiger charge is 2.21. The van der Waals surface area contributed by atoms with Crippen LogP contribution < -0.4 is 4.74 Å². The quantitative estimate of drug-likeness (QED) is 0.109. The molecular weight excluding hydrogens is 717 g/mol. The van der Waals surface area contributed by atoms with Crippen LogP contribution in [-0.4, -0.2) is 0 Å². The molecule has 0 saturated heterocycles. The molecule has 0 radical (unpaired) electrons. The molecule has 0 spiro atoms. The number of fused-ring (bicyclic) bond motifs is 3. The standard InChI is InChI=1S/C57H48O2/c1-5-7-20-40(3)31-32-41(4)35-43(19-6-2)47-38-51(46-24-18-23-44(36-46)45-33-34-56-52(37-45)49-27-14-17-30-55(49)59-56)57(42-21-10-8-11-22-42)53(39-47)50-28-15-16-29-54(50)58-48-25-12-9-13-26-48/h5-30,33-39H,4,31-32H2,1-3H3. The van der Waals surface area contributed by atoms with Gasteiger partial charge in [-0.15, -0.1) is 0 Å². The summed E-state index contributed by atoms with van der Waals surface area (Å²) in [6.07, 6.45) is 14.7. The first kappa shape index (κ1) is 38.7. The fourth-order valence-corrected chi connectivity index (χ4v) is 7.73. The van der Waals surface area contributed by atoms with Gasteiger partial charge in [0.2, 0.25) is 0 Å². The first-order chi connectivity index (χ1) is 29.0. The van der Waals surface area contributed by atoms with Crippen LogP contribution in [0.2, 0.25) is 0 Å². The third-order valence-corrected chi connectivity index (χ3v) is 10.7. The predicted molar refractivity (Wildman–Crippen MR) is 252 cm³/mol. The SMILES string of the molecule is C=C(C=C(C=CC)c1cc(-c2cccc(-c3ccc4oc5ccccc5c4c3)c2)c(-c2ccccc2)c(-c2ccccc2Oc2ccccc2)c1)CCC(C)=CC=CC. The van der Waals surface area contributed by atoms with Crippen LogP contribution in [0.4, 0.5) is 0 Å². The summed E-state index contributed by atoms with van der Waals surface area (Å²) in [6, 6.07) is 57.5. The lowest BCUT2D eigenvalue weighted by Gasteiger charge is -2.21. The first-order valence-electron chi connectivity index (χ1n) is 20.4. The van der Waals surface area contributed by atoms with Gasteiger partial charge >= 0.3 is 0 Å². The average Bonchev–Trinajstić information content (AvgIpc) is 3.66. The van der Waals surface area contributed by atoms with Gasteiger partial charge in [-0.05, 0) is 138 Å². The third-order valence-electron chi connectivity index (χ3n) is 10.7. The molecule has 288 valence electrons. The molecule has 0 aliphatic carbocycles. The summed E-state index contributed by atoms with van der Waals surface area (Å²) >= 11 is 0. The summed E-state index contributed by atoms with van der Waals surface area (Å²) < 4.78 is 12.9. The number of hydrogen-bond acceptors (Lipinski definition) is 2. The van der Waals surface area contributed by atoms with Crippen molar-refractivity contribution in [3.8, 4) is 56.0 Å². The maximum atomic E-state index is 6.67. The summed E-state index contributed by atoms with van der Waals surface area (Å²) in [5.41, 5.74) is 15.3. The second-order valence-corrected chi connectivity index (χ2v) is 14.9. The molecule has 0 aliphatic heterocycles. The molecule has 2 heteroatoms. The number of allylic oxidation sites excluding steroid dienone is 9. The highest BCUT2D eigenvalue weighted by atomic mass is 16.5. The van der Waals surface area contributed by atoms with Crippen LogP contribution in [0.1, 0.15) is 39.2 Å². The molecule has 0 N–H and O–H groups in total. The molecule has 0 unspecified atom stereocenters. The molecule has 8 aromatic rings. The highest BCUT2D eigenvalue weighted by Crippen LogP contribution is 2.46. The highest BCUT2D eigenvalue weighted by molar-refractivity contribution is 6.06. The molecule has 0 saturated carbocycles. The molecule has 59 heavy (non-hydrogen) atoms. The topological polar surface area (TPSA) is 22.4 Å². The van der Waals surface area contributed by atoms with Crippen molar-refractivity contribution in [3.63, 3.8) is 0 Å². The van der Waals surface area contributed by atoms with Crippen LogP contribution in [-0.2, 0) is 0 Å². The van der Waals surface area contributed by atoms with Crippen LogP contribution >= 0.6 is 0 Å². The fourth-order valence-electron chi connectivity index (χ4n) is 7.73. The van der Waals surface area contributed by atoms with Gasteiger partial charge in [-0.25, -0.2) is 0 Å². The zero-order valence-electron chi connectivity index (χ0n) is 34.0. The Morgan fingerprint density at radius 3 is 2.07 bits per heavy atom. The van der Waals surface area contributed by atoms with Crippen molar-refractivity contribution in [1.82, 2.24) is 0 Å². The van der Waals surface area contributed by atoms with Crippen LogP contribution in [0.25, 0.3) is 72.0 Å². The minimum atomic E-state index is 0.789. The summed E-state index contributed by atoms with van der Waals surface area (Å²) in [4.78, 5) is 0. The number of para-hydroxylation sites is 3. The second kappa shape index (κ2) is 18.0. The van der Waals surface area contributed by atoms with Gasteiger partial charge in [0, 0.05) is 16.3 Å². The Kier molecular flexibility index (Phi) is 11.8. The summed E-state index contributed by atoms with van der Waals surface area (Å²) in [7, 11) is 0. The van der Waals surface area contributed by atoms with E-state index >= 15 is 0 Å². The molecule has 0 bridgehead atoms. The molecule has 1 aromatic heterocycles. The lowest BCUT2D eigenvalue weighted by molar-refractivity contribution is 0.484. The second-order valence-electron chi connectivity index (χ2n) is 14.9. The average molecular weight is 765 g/mol. The van der Waals surface area contributed by atoms with Crippen molar-refractivity contribution in [2.24, 2.45) is 0 Å². The molecule has 8 rings (SSSR count). The van der Waals surface area contributed by atoms with Gasteiger partial charge in [0.15, 0.2) is 0 Å². The summed E-state index contributed by atoms with van der Waals surface area (Å²) in [6.45, 7) is 10.8. The van der Waals surface area contributed by atoms with E-state index in [1.807, 2.05) is 55.5 Å². The fraction of sp³-hybridized carbons (Fsp3) is 0.0877.